The van der Waals surface area contributed by atoms with Gasteiger partial charge < -0.3 is 0 Å². The molecule has 0 spiro atoms. The number of hydrogen-bond acceptors (Lipinski definition) is 0. The molecule has 3 heteroatoms. The van der Waals surface area contributed by atoms with Crippen LogP contribution in [-0.4, -0.2) is 0 Å². The van der Waals surface area contributed by atoms with Crippen molar-refractivity contribution in [2.24, 2.45) is 0 Å². The van der Waals surface area contributed by atoms with Gasteiger partial charge in [-0.2, -0.15) is 0 Å². The van der Waals surface area contributed by atoms with E-state index < -0.39 is 0 Å². The summed E-state index contributed by atoms with van der Waals surface area (Å²) in [5, 5.41) is 0. The second kappa shape index (κ2) is 6.69. The topological polar surface area (TPSA) is 0 Å². The first kappa shape index (κ1) is 12.2. The van der Waals surface area contributed by atoms with E-state index in [2.05, 4.69) is 0 Å². The molecular formula is C9H7Cl2Pd. The van der Waals surface area contributed by atoms with Gasteiger partial charge in [0.05, 0.1) is 0 Å². The Hall–Kier alpha value is 0.202. The Morgan fingerprint density at radius 3 is 2.17 bits per heavy atom. The maximum absolute atomic E-state index is 5.42. The standard InChI is InChI=1S/C9H7Cl2.Pd/c10-9(11)7-6-8-4-2-1-3-5-8;/h1-7H;/b7-6+;. The molecule has 0 saturated heterocycles. The van der Waals surface area contributed by atoms with Gasteiger partial charge in [0, 0.05) is 20.4 Å². The van der Waals surface area contributed by atoms with Crippen LogP contribution in [0.4, 0.5) is 0 Å². The Morgan fingerprint density at radius 1 is 1.08 bits per heavy atom. The Balaban J connectivity index is 0.00000121. The Labute approximate surface area is 96.2 Å². The second-order valence-corrected chi connectivity index (χ2v) is 3.04. The first-order valence-corrected chi connectivity index (χ1v) is 3.96. The van der Waals surface area contributed by atoms with E-state index in [4.69, 9.17) is 23.2 Å². The molecule has 1 rings (SSSR count). The van der Waals surface area contributed by atoms with Gasteiger partial charge in [-0.1, -0.05) is 59.6 Å². The molecule has 0 aromatic heterocycles. The van der Waals surface area contributed by atoms with Crippen molar-refractivity contribution in [3.05, 3.63) is 46.8 Å². The first-order valence-electron chi connectivity index (χ1n) is 3.20. The minimum absolute atomic E-state index is 0. The number of allylic oxidation sites excluding steroid dienone is 1. The van der Waals surface area contributed by atoms with E-state index in [1.54, 1.807) is 6.08 Å². The number of rotatable bonds is 2. The third-order valence-electron chi connectivity index (χ3n) is 1.20. The van der Waals surface area contributed by atoms with E-state index in [1.165, 1.54) is 0 Å². The second-order valence-electron chi connectivity index (χ2n) is 2.03. The predicted molar refractivity (Wildman–Crippen MR) is 50.4 cm³/mol. The van der Waals surface area contributed by atoms with Crippen LogP contribution in [0.3, 0.4) is 0 Å². The summed E-state index contributed by atoms with van der Waals surface area (Å²) in [6, 6.07) is 9.84. The summed E-state index contributed by atoms with van der Waals surface area (Å²) in [6.07, 6.45) is 3.51. The fourth-order valence-corrected chi connectivity index (χ4v) is 0.849. The van der Waals surface area contributed by atoms with Gasteiger partial charge in [-0.05, 0) is 11.6 Å². The molecule has 0 bridgehead atoms. The summed E-state index contributed by atoms with van der Waals surface area (Å²) in [7, 11) is 0. The number of halogens is 2. The van der Waals surface area contributed by atoms with Gasteiger partial charge in [0.1, 0.15) is 0 Å². The van der Waals surface area contributed by atoms with Gasteiger partial charge in [0.15, 0.2) is 4.84 Å². The zero-order valence-electron chi connectivity index (χ0n) is 6.11. The summed E-state index contributed by atoms with van der Waals surface area (Å²) in [5.74, 6) is 0. The molecule has 0 nitrogen and oxygen atoms in total. The normalized spacial score (nSPS) is 10.2. The monoisotopic (exact) mass is 291 g/mol. The summed E-state index contributed by atoms with van der Waals surface area (Å²) in [6.45, 7) is 0. The molecule has 0 aliphatic rings. The number of benzene rings is 1. The van der Waals surface area contributed by atoms with Crippen LogP contribution in [0.5, 0.6) is 0 Å². The van der Waals surface area contributed by atoms with Crippen molar-refractivity contribution >= 4 is 29.3 Å². The van der Waals surface area contributed by atoms with Gasteiger partial charge in [-0.3, -0.25) is 0 Å². The van der Waals surface area contributed by atoms with Gasteiger partial charge in [-0.25, -0.2) is 0 Å². The fraction of sp³-hybridized carbons (Fsp3) is 0. The van der Waals surface area contributed by atoms with E-state index in [1.807, 2.05) is 36.4 Å². The predicted octanol–water partition coefficient (Wildman–Crippen LogP) is 3.66. The third-order valence-corrected chi connectivity index (χ3v) is 1.45. The van der Waals surface area contributed by atoms with Crippen LogP contribution in [0.25, 0.3) is 6.08 Å². The fourth-order valence-electron chi connectivity index (χ4n) is 0.723. The SMILES string of the molecule is Cl[C](Cl)/C=C/c1ccccc1.[Pd]. The van der Waals surface area contributed by atoms with Gasteiger partial charge in [0.25, 0.3) is 0 Å². The summed E-state index contributed by atoms with van der Waals surface area (Å²) >= 11 is 10.8. The summed E-state index contributed by atoms with van der Waals surface area (Å²) < 4.78 is 0. The van der Waals surface area contributed by atoms with E-state index in [-0.39, 0.29) is 25.3 Å². The van der Waals surface area contributed by atoms with E-state index in [9.17, 15) is 0 Å². The molecular weight excluding hydrogens is 285 g/mol. The van der Waals surface area contributed by atoms with Crippen molar-refractivity contribution in [1.82, 2.24) is 0 Å². The molecule has 0 heterocycles. The van der Waals surface area contributed by atoms with E-state index in [0.29, 0.717) is 0 Å². The quantitative estimate of drug-likeness (QED) is 0.730. The molecule has 0 amide bonds. The minimum atomic E-state index is 0. The molecule has 0 aliphatic heterocycles. The number of hydrogen-bond donors (Lipinski definition) is 0. The average Bonchev–Trinajstić information content (AvgIpc) is 2.03. The van der Waals surface area contributed by atoms with Gasteiger partial charge in [0.2, 0.25) is 0 Å². The van der Waals surface area contributed by atoms with Crippen LogP contribution in [0, 0.1) is 4.84 Å². The molecule has 0 fully saturated rings. The van der Waals surface area contributed by atoms with Crippen molar-refractivity contribution in [1.29, 1.82) is 0 Å². The Bertz CT molecular complexity index is 232. The Morgan fingerprint density at radius 2 is 1.67 bits per heavy atom. The van der Waals surface area contributed by atoms with Crippen LogP contribution >= 0.6 is 23.2 Å². The maximum atomic E-state index is 5.42. The van der Waals surface area contributed by atoms with Crippen LogP contribution in [0.1, 0.15) is 5.56 Å². The molecule has 0 saturated carbocycles. The molecule has 1 aromatic rings. The van der Waals surface area contributed by atoms with Crippen molar-refractivity contribution < 1.29 is 20.4 Å². The molecule has 67 valence electrons. The summed E-state index contributed by atoms with van der Waals surface area (Å²) in [5.41, 5.74) is 1.09. The van der Waals surface area contributed by atoms with E-state index in [0.717, 1.165) is 5.56 Å². The van der Waals surface area contributed by atoms with Gasteiger partial charge >= 0.3 is 0 Å². The van der Waals surface area contributed by atoms with Crippen molar-refractivity contribution in [2.45, 2.75) is 0 Å². The largest absolute Gasteiger partial charge is 0.172 e. The molecule has 0 N–H and O–H groups in total. The van der Waals surface area contributed by atoms with Crippen molar-refractivity contribution in [3.63, 3.8) is 0 Å². The maximum Gasteiger partial charge on any atom is 0.172 e. The van der Waals surface area contributed by atoms with Crippen molar-refractivity contribution in [3.8, 4) is 0 Å². The molecule has 1 radical (unpaired) electrons. The van der Waals surface area contributed by atoms with E-state index >= 15 is 0 Å². The Kier molecular flexibility index (Phi) is 6.80. The van der Waals surface area contributed by atoms with Crippen molar-refractivity contribution in [2.75, 3.05) is 0 Å². The average molecular weight is 292 g/mol. The molecule has 12 heavy (non-hydrogen) atoms. The third kappa shape index (κ3) is 4.96. The molecule has 0 aliphatic carbocycles. The molecule has 0 unspecified atom stereocenters. The van der Waals surface area contributed by atoms with Gasteiger partial charge in [-0.15, -0.1) is 0 Å². The van der Waals surface area contributed by atoms with Crippen LogP contribution in [0.15, 0.2) is 36.4 Å². The van der Waals surface area contributed by atoms with Crippen LogP contribution in [0.2, 0.25) is 0 Å². The minimum Gasteiger partial charge on any atom is -0.0932 e. The first-order chi connectivity index (χ1) is 5.29. The smallest absolute Gasteiger partial charge is 0.0932 e. The van der Waals surface area contributed by atoms with Crippen LogP contribution < -0.4 is 0 Å². The zero-order chi connectivity index (χ0) is 8.10. The van der Waals surface area contributed by atoms with Crippen LogP contribution in [-0.2, 0) is 20.4 Å². The molecule has 0 atom stereocenters. The molecule has 1 aromatic carbocycles. The summed E-state index contributed by atoms with van der Waals surface area (Å²) in [4.78, 5) is 0.272. The zero-order valence-corrected chi connectivity index (χ0v) is 9.18.